The molecule has 0 amide bonds. The molecular formula is C15H12ClNO. The Morgan fingerprint density at radius 1 is 1.22 bits per heavy atom. The maximum atomic E-state index is 8.74. The number of nitriles is 1. The minimum Gasteiger partial charge on any atom is -0.496 e. The molecule has 0 aromatic heterocycles. The normalized spacial score (nSPS) is 9.83. The minimum atomic E-state index is 0.339. The van der Waals surface area contributed by atoms with Crippen molar-refractivity contribution in [3.63, 3.8) is 0 Å². The van der Waals surface area contributed by atoms with Gasteiger partial charge in [-0.05, 0) is 17.7 Å². The topological polar surface area (TPSA) is 33.0 Å². The van der Waals surface area contributed by atoms with Gasteiger partial charge in [0.2, 0.25) is 0 Å². The van der Waals surface area contributed by atoms with Crippen LogP contribution in [0.5, 0.6) is 5.75 Å². The van der Waals surface area contributed by atoms with Crippen molar-refractivity contribution < 1.29 is 4.74 Å². The molecule has 0 spiro atoms. The third-order valence-corrected chi connectivity index (χ3v) is 3.07. The summed E-state index contributed by atoms with van der Waals surface area (Å²) in [6.07, 6.45) is 0.339. The number of rotatable bonds is 3. The van der Waals surface area contributed by atoms with E-state index in [0.29, 0.717) is 17.2 Å². The Labute approximate surface area is 111 Å². The van der Waals surface area contributed by atoms with Crippen LogP contribution in [0.1, 0.15) is 5.56 Å². The van der Waals surface area contributed by atoms with Crippen LogP contribution in [0.15, 0.2) is 42.5 Å². The highest BCUT2D eigenvalue weighted by atomic mass is 35.5. The number of hydrogen-bond donors (Lipinski definition) is 0. The maximum Gasteiger partial charge on any atom is 0.123 e. The minimum absolute atomic E-state index is 0.339. The Kier molecular flexibility index (Phi) is 3.86. The molecule has 0 unspecified atom stereocenters. The van der Waals surface area contributed by atoms with E-state index in [0.717, 1.165) is 16.7 Å². The molecule has 0 aliphatic heterocycles. The molecular weight excluding hydrogens is 246 g/mol. The van der Waals surface area contributed by atoms with E-state index < -0.39 is 0 Å². The fourth-order valence-corrected chi connectivity index (χ4v) is 2.08. The smallest absolute Gasteiger partial charge is 0.123 e. The summed E-state index contributed by atoms with van der Waals surface area (Å²) >= 11 is 6.16. The summed E-state index contributed by atoms with van der Waals surface area (Å²) in [4.78, 5) is 0. The summed E-state index contributed by atoms with van der Waals surface area (Å²) in [7, 11) is 1.60. The second kappa shape index (κ2) is 5.57. The second-order valence-corrected chi connectivity index (χ2v) is 4.25. The zero-order valence-corrected chi connectivity index (χ0v) is 10.7. The number of hydrogen-bond acceptors (Lipinski definition) is 2. The molecule has 2 rings (SSSR count). The van der Waals surface area contributed by atoms with Crippen molar-refractivity contribution in [2.45, 2.75) is 6.42 Å². The maximum absolute atomic E-state index is 8.74. The fourth-order valence-electron chi connectivity index (χ4n) is 1.84. The van der Waals surface area contributed by atoms with Crippen molar-refractivity contribution in [1.29, 1.82) is 5.26 Å². The number of benzene rings is 2. The summed E-state index contributed by atoms with van der Waals surface area (Å²) in [5, 5.41) is 9.44. The lowest BCUT2D eigenvalue weighted by atomic mass is 10.0. The lowest BCUT2D eigenvalue weighted by Crippen LogP contribution is -1.92. The third-order valence-electron chi connectivity index (χ3n) is 2.74. The lowest BCUT2D eigenvalue weighted by Gasteiger charge is -2.09. The number of halogens is 1. The fraction of sp³-hybridized carbons (Fsp3) is 0.133. The van der Waals surface area contributed by atoms with Crippen LogP contribution in [0.4, 0.5) is 0 Å². The summed E-state index contributed by atoms with van der Waals surface area (Å²) in [6, 6.07) is 15.5. The highest BCUT2D eigenvalue weighted by molar-refractivity contribution is 6.33. The number of ether oxygens (including phenoxy) is 1. The average Bonchev–Trinajstić information content (AvgIpc) is 2.40. The molecule has 2 nitrogen and oxygen atoms in total. The first-order valence-corrected chi connectivity index (χ1v) is 5.93. The van der Waals surface area contributed by atoms with E-state index in [4.69, 9.17) is 21.6 Å². The molecule has 0 bridgehead atoms. The Bertz CT molecular complexity index is 602. The second-order valence-electron chi connectivity index (χ2n) is 3.84. The van der Waals surface area contributed by atoms with Gasteiger partial charge in [-0.15, -0.1) is 0 Å². The highest BCUT2D eigenvalue weighted by Gasteiger charge is 2.07. The number of methoxy groups -OCH3 is 1. The van der Waals surface area contributed by atoms with Crippen LogP contribution >= 0.6 is 11.6 Å². The third kappa shape index (κ3) is 2.47. The first-order chi connectivity index (χ1) is 8.76. The van der Waals surface area contributed by atoms with E-state index in [1.54, 1.807) is 7.11 Å². The van der Waals surface area contributed by atoms with Gasteiger partial charge >= 0.3 is 0 Å². The zero-order chi connectivity index (χ0) is 13.0. The molecule has 0 heterocycles. The first-order valence-electron chi connectivity index (χ1n) is 5.55. The van der Waals surface area contributed by atoms with Crippen LogP contribution in [0.2, 0.25) is 5.02 Å². The van der Waals surface area contributed by atoms with Crippen LogP contribution in [0.25, 0.3) is 11.1 Å². The van der Waals surface area contributed by atoms with E-state index in [9.17, 15) is 0 Å². The molecule has 0 atom stereocenters. The molecule has 18 heavy (non-hydrogen) atoms. The Morgan fingerprint density at radius 2 is 2.00 bits per heavy atom. The van der Waals surface area contributed by atoms with Gasteiger partial charge in [0.05, 0.1) is 19.6 Å². The average molecular weight is 258 g/mol. The number of nitrogens with zero attached hydrogens (tertiary/aromatic N) is 1. The van der Waals surface area contributed by atoms with Crippen LogP contribution in [0.3, 0.4) is 0 Å². The predicted molar refractivity (Wildman–Crippen MR) is 72.8 cm³/mol. The quantitative estimate of drug-likeness (QED) is 0.830. The van der Waals surface area contributed by atoms with E-state index in [2.05, 4.69) is 6.07 Å². The van der Waals surface area contributed by atoms with Crippen molar-refractivity contribution in [3.8, 4) is 22.9 Å². The van der Waals surface area contributed by atoms with Gasteiger partial charge < -0.3 is 4.74 Å². The van der Waals surface area contributed by atoms with Gasteiger partial charge in [0.15, 0.2) is 0 Å². The Hall–Kier alpha value is -1.98. The van der Waals surface area contributed by atoms with E-state index >= 15 is 0 Å². The van der Waals surface area contributed by atoms with Crippen LogP contribution in [0, 0.1) is 11.3 Å². The van der Waals surface area contributed by atoms with Crippen molar-refractivity contribution in [1.82, 2.24) is 0 Å². The summed E-state index contributed by atoms with van der Waals surface area (Å²) in [5.41, 5.74) is 2.83. The molecule has 0 fully saturated rings. The molecule has 0 aliphatic rings. The van der Waals surface area contributed by atoms with Gasteiger partial charge in [-0.25, -0.2) is 0 Å². The van der Waals surface area contributed by atoms with Gasteiger partial charge in [0.1, 0.15) is 5.75 Å². The van der Waals surface area contributed by atoms with E-state index in [1.165, 1.54) is 0 Å². The molecule has 0 radical (unpaired) electrons. The van der Waals surface area contributed by atoms with Gasteiger partial charge in [-0.3, -0.25) is 0 Å². The van der Waals surface area contributed by atoms with Gasteiger partial charge in [0.25, 0.3) is 0 Å². The summed E-state index contributed by atoms with van der Waals surface area (Å²) in [6.45, 7) is 0. The molecule has 0 saturated heterocycles. The molecule has 0 aliphatic carbocycles. The molecule has 2 aromatic rings. The molecule has 3 heteroatoms. The SMILES string of the molecule is COc1cc(-c2ccccc2Cl)ccc1CC#N. The molecule has 90 valence electrons. The Balaban J connectivity index is 2.48. The van der Waals surface area contributed by atoms with E-state index in [1.807, 2.05) is 42.5 Å². The predicted octanol–water partition coefficient (Wildman–Crippen LogP) is 4.08. The lowest BCUT2D eigenvalue weighted by molar-refractivity contribution is 0.411. The standard InChI is InChI=1S/C15H12ClNO/c1-18-15-10-12(7-6-11(15)8-9-17)13-4-2-3-5-14(13)16/h2-7,10H,8H2,1H3. The van der Waals surface area contributed by atoms with Crippen LogP contribution in [-0.2, 0) is 6.42 Å². The van der Waals surface area contributed by atoms with E-state index in [-0.39, 0.29) is 0 Å². The van der Waals surface area contributed by atoms with Crippen molar-refractivity contribution in [3.05, 3.63) is 53.1 Å². The van der Waals surface area contributed by atoms with Gasteiger partial charge in [0, 0.05) is 16.1 Å². The van der Waals surface area contributed by atoms with Crippen molar-refractivity contribution in [2.24, 2.45) is 0 Å². The molecule has 0 N–H and O–H groups in total. The van der Waals surface area contributed by atoms with Crippen molar-refractivity contribution in [2.75, 3.05) is 7.11 Å². The van der Waals surface area contributed by atoms with Crippen LogP contribution < -0.4 is 4.74 Å². The van der Waals surface area contributed by atoms with Gasteiger partial charge in [-0.2, -0.15) is 5.26 Å². The molecule has 0 saturated carbocycles. The van der Waals surface area contributed by atoms with Gasteiger partial charge in [-0.1, -0.05) is 41.9 Å². The largest absolute Gasteiger partial charge is 0.496 e. The summed E-state index contributed by atoms with van der Waals surface area (Å²) < 4.78 is 5.31. The highest BCUT2D eigenvalue weighted by Crippen LogP contribution is 2.31. The zero-order valence-electron chi connectivity index (χ0n) is 9.98. The Morgan fingerprint density at radius 3 is 2.67 bits per heavy atom. The first kappa shape index (κ1) is 12.5. The van der Waals surface area contributed by atoms with Crippen LogP contribution in [-0.4, -0.2) is 7.11 Å². The van der Waals surface area contributed by atoms with Crippen molar-refractivity contribution >= 4 is 11.6 Å². The summed E-state index contributed by atoms with van der Waals surface area (Å²) in [5.74, 6) is 0.717. The molecule has 2 aromatic carbocycles. The monoisotopic (exact) mass is 257 g/mol.